The first kappa shape index (κ1) is 20.6. The smallest absolute Gasteiger partial charge is 0.282 e. The average molecular weight is 389 g/mol. The van der Waals surface area contributed by atoms with Crippen LogP contribution in [0.1, 0.15) is 56.8 Å². The highest BCUT2D eigenvalue weighted by Crippen LogP contribution is 2.34. The molecule has 0 radical (unpaired) electrons. The fraction of sp³-hybridized carbons (Fsp3) is 0.667. The number of ether oxygens (including phenoxy) is 1. The molecule has 7 nitrogen and oxygen atoms in total. The Morgan fingerprint density at radius 2 is 2.00 bits per heavy atom. The molecule has 2 aliphatic heterocycles. The zero-order valence-corrected chi connectivity index (χ0v) is 17.1. The molecule has 0 saturated carbocycles. The molecule has 1 aromatic carbocycles. The second-order valence-corrected chi connectivity index (χ2v) is 8.93. The van der Waals surface area contributed by atoms with Gasteiger partial charge in [-0.05, 0) is 43.2 Å². The molecule has 2 fully saturated rings. The minimum atomic E-state index is -0.475. The summed E-state index contributed by atoms with van der Waals surface area (Å²) in [4.78, 5) is 25.4. The molecule has 2 saturated heterocycles. The lowest BCUT2D eigenvalue weighted by molar-refractivity contribution is -0.385. The lowest BCUT2D eigenvalue weighted by Crippen LogP contribution is -2.42. The van der Waals surface area contributed by atoms with Crippen molar-refractivity contribution in [3.63, 3.8) is 0 Å². The number of anilines is 1. The minimum absolute atomic E-state index is 0.0547. The van der Waals surface area contributed by atoms with Crippen molar-refractivity contribution in [1.29, 1.82) is 0 Å². The highest BCUT2D eigenvalue weighted by Gasteiger charge is 2.35. The van der Waals surface area contributed by atoms with Gasteiger partial charge in [0.1, 0.15) is 5.56 Å². The van der Waals surface area contributed by atoms with Crippen LogP contribution in [0, 0.1) is 21.4 Å². The number of hydrogen-bond donors (Lipinski definition) is 1. The van der Waals surface area contributed by atoms with Crippen molar-refractivity contribution in [2.75, 3.05) is 31.6 Å². The third-order valence-corrected chi connectivity index (χ3v) is 5.68. The van der Waals surface area contributed by atoms with Crippen LogP contribution >= 0.6 is 0 Å². The van der Waals surface area contributed by atoms with Crippen LogP contribution < -0.4 is 5.32 Å². The van der Waals surface area contributed by atoms with Crippen LogP contribution in [0.3, 0.4) is 0 Å². The topological polar surface area (TPSA) is 84.7 Å². The standard InChI is InChI=1S/C21H31N3O4/c1-21(2,3)19-15(7-6-12-28-19)14-22-16-8-9-18(24(26)27)17(13-16)20(25)23-10-4-5-11-23/h8-9,13,15,19,22H,4-7,10-12,14H2,1-3H3. The maximum absolute atomic E-state index is 12.8. The summed E-state index contributed by atoms with van der Waals surface area (Å²) in [6.45, 7) is 9.42. The normalized spacial score (nSPS) is 22.9. The molecule has 28 heavy (non-hydrogen) atoms. The van der Waals surface area contributed by atoms with Gasteiger partial charge in [-0.1, -0.05) is 20.8 Å². The number of benzene rings is 1. The van der Waals surface area contributed by atoms with E-state index in [1.807, 2.05) is 0 Å². The Labute approximate surface area is 166 Å². The molecule has 0 aromatic heterocycles. The van der Waals surface area contributed by atoms with E-state index in [0.717, 1.165) is 44.5 Å². The fourth-order valence-electron chi connectivity index (χ4n) is 4.33. The summed E-state index contributed by atoms with van der Waals surface area (Å²) in [5.41, 5.74) is 0.839. The summed E-state index contributed by atoms with van der Waals surface area (Å²) in [5.74, 6) is 0.114. The van der Waals surface area contributed by atoms with Crippen molar-refractivity contribution in [2.45, 2.75) is 52.6 Å². The number of carbonyl (C=O) groups excluding carboxylic acids is 1. The molecule has 2 atom stereocenters. The van der Waals surface area contributed by atoms with Crippen molar-refractivity contribution in [2.24, 2.45) is 11.3 Å². The third kappa shape index (κ3) is 4.63. The van der Waals surface area contributed by atoms with E-state index in [1.165, 1.54) is 6.07 Å². The van der Waals surface area contributed by atoms with E-state index in [-0.39, 0.29) is 28.7 Å². The zero-order valence-electron chi connectivity index (χ0n) is 17.1. The Hall–Kier alpha value is -2.15. The molecule has 2 aliphatic rings. The van der Waals surface area contributed by atoms with Gasteiger partial charge in [0.05, 0.1) is 11.0 Å². The van der Waals surface area contributed by atoms with Gasteiger partial charge in [0.2, 0.25) is 0 Å². The molecule has 154 valence electrons. The number of nitro benzene ring substituents is 1. The van der Waals surface area contributed by atoms with E-state index in [4.69, 9.17) is 4.74 Å². The van der Waals surface area contributed by atoms with Gasteiger partial charge in [-0.25, -0.2) is 0 Å². The second-order valence-electron chi connectivity index (χ2n) is 8.93. The largest absolute Gasteiger partial charge is 0.385 e. The van der Waals surface area contributed by atoms with Crippen LogP contribution in [0.5, 0.6) is 0 Å². The molecule has 2 heterocycles. The van der Waals surface area contributed by atoms with Crippen LogP contribution in [0.25, 0.3) is 0 Å². The molecular weight excluding hydrogens is 358 g/mol. The molecule has 0 bridgehead atoms. The summed E-state index contributed by atoms with van der Waals surface area (Å²) in [6.07, 6.45) is 4.19. The molecule has 7 heteroatoms. The molecule has 2 unspecified atom stereocenters. The lowest BCUT2D eigenvalue weighted by Gasteiger charge is -2.40. The van der Waals surface area contributed by atoms with E-state index < -0.39 is 4.92 Å². The van der Waals surface area contributed by atoms with E-state index in [9.17, 15) is 14.9 Å². The van der Waals surface area contributed by atoms with Crippen LogP contribution in [-0.2, 0) is 4.74 Å². The second kappa shape index (κ2) is 8.47. The third-order valence-electron chi connectivity index (χ3n) is 5.68. The first-order valence-electron chi connectivity index (χ1n) is 10.2. The monoisotopic (exact) mass is 389 g/mol. The fourth-order valence-corrected chi connectivity index (χ4v) is 4.33. The van der Waals surface area contributed by atoms with Crippen molar-refractivity contribution < 1.29 is 14.5 Å². The van der Waals surface area contributed by atoms with Crippen molar-refractivity contribution in [1.82, 2.24) is 4.90 Å². The number of nitrogens with one attached hydrogen (secondary N) is 1. The summed E-state index contributed by atoms with van der Waals surface area (Å²) < 4.78 is 6.03. The molecule has 0 aliphatic carbocycles. The van der Waals surface area contributed by atoms with Gasteiger partial charge in [0, 0.05) is 43.9 Å². The minimum Gasteiger partial charge on any atom is -0.385 e. The number of likely N-dealkylation sites (tertiary alicyclic amines) is 1. The number of nitrogens with zero attached hydrogens (tertiary/aromatic N) is 2. The van der Waals surface area contributed by atoms with Crippen LogP contribution in [0.4, 0.5) is 11.4 Å². The Balaban J connectivity index is 1.76. The Bertz CT molecular complexity index is 723. The Morgan fingerprint density at radius 1 is 1.29 bits per heavy atom. The SMILES string of the molecule is CC(C)(C)C1OCCCC1CNc1ccc([N+](=O)[O-])c(C(=O)N2CCCC2)c1. The van der Waals surface area contributed by atoms with Gasteiger partial charge in [0.15, 0.2) is 0 Å². The number of carbonyl (C=O) groups is 1. The number of amides is 1. The van der Waals surface area contributed by atoms with Crippen molar-refractivity contribution >= 4 is 17.3 Å². The predicted molar refractivity (Wildman–Crippen MR) is 109 cm³/mol. The highest BCUT2D eigenvalue weighted by molar-refractivity contribution is 5.99. The maximum Gasteiger partial charge on any atom is 0.282 e. The summed E-state index contributed by atoms with van der Waals surface area (Å²) >= 11 is 0. The number of rotatable bonds is 5. The lowest BCUT2D eigenvalue weighted by atomic mass is 9.78. The van der Waals surface area contributed by atoms with E-state index in [1.54, 1.807) is 17.0 Å². The Morgan fingerprint density at radius 3 is 2.64 bits per heavy atom. The maximum atomic E-state index is 12.8. The van der Waals surface area contributed by atoms with E-state index in [2.05, 4.69) is 26.1 Å². The van der Waals surface area contributed by atoms with Gasteiger partial charge in [-0.2, -0.15) is 0 Å². The van der Waals surface area contributed by atoms with Gasteiger partial charge in [-0.3, -0.25) is 14.9 Å². The summed E-state index contributed by atoms with van der Waals surface area (Å²) in [7, 11) is 0. The van der Waals surface area contributed by atoms with Crippen LogP contribution in [0.15, 0.2) is 18.2 Å². The van der Waals surface area contributed by atoms with E-state index in [0.29, 0.717) is 19.0 Å². The van der Waals surface area contributed by atoms with Crippen molar-refractivity contribution in [3.05, 3.63) is 33.9 Å². The predicted octanol–water partition coefficient (Wildman–Crippen LogP) is 4.08. The van der Waals surface area contributed by atoms with Crippen LogP contribution in [-0.4, -0.2) is 48.1 Å². The van der Waals surface area contributed by atoms with Crippen molar-refractivity contribution in [3.8, 4) is 0 Å². The molecule has 1 N–H and O–H groups in total. The first-order chi connectivity index (χ1) is 13.3. The van der Waals surface area contributed by atoms with Gasteiger partial charge < -0.3 is 15.0 Å². The summed E-state index contributed by atoms with van der Waals surface area (Å²) in [6, 6.07) is 4.76. The first-order valence-corrected chi connectivity index (χ1v) is 10.2. The van der Waals surface area contributed by atoms with Gasteiger partial charge >= 0.3 is 0 Å². The number of nitro groups is 1. The molecule has 1 amide bonds. The highest BCUT2D eigenvalue weighted by atomic mass is 16.6. The van der Waals surface area contributed by atoms with Gasteiger partial charge in [-0.15, -0.1) is 0 Å². The van der Waals surface area contributed by atoms with Crippen LogP contribution in [0.2, 0.25) is 0 Å². The molecular formula is C21H31N3O4. The van der Waals surface area contributed by atoms with Gasteiger partial charge in [0.25, 0.3) is 11.6 Å². The summed E-state index contributed by atoms with van der Waals surface area (Å²) in [5, 5.41) is 14.8. The molecule has 0 spiro atoms. The molecule has 1 aromatic rings. The Kier molecular flexibility index (Phi) is 6.23. The quantitative estimate of drug-likeness (QED) is 0.606. The number of hydrogen-bond acceptors (Lipinski definition) is 5. The van der Waals surface area contributed by atoms with E-state index >= 15 is 0 Å². The zero-order chi connectivity index (χ0) is 20.3. The molecule has 3 rings (SSSR count). The average Bonchev–Trinajstić information content (AvgIpc) is 3.19.